The van der Waals surface area contributed by atoms with Gasteiger partial charge < -0.3 is 4.74 Å². The molecule has 2 saturated carbocycles. The maximum atomic E-state index is 11.5. The van der Waals surface area contributed by atoms with Crippen LogP contribution in [0.15, 0.2) is 0 Å². The lowest BCUT2D eigenvalue weighted by molar-refractivity contribution is 0.107. The molecule has 3 rings (SSSR count). The number of hydrogen-bond acceptors (Lipinski definition) is 3. The zero-order valence-corrected chi connectivity index (χ0v) is 10.8. The van der Waals surface area contributed by atoms with Crippen LogP contribution in [0.1, 0.15) is 38.5 Å². The molecule has 1 aliphatic heterocycles. The lowest BCUT2D eigenvalue weighted by Gasteiger charge is -2.29. The van der Waals surface area contributed by atoms with Crippen molar-refractivity contribution >= 4 is 19.7 Å². The molecular formula is C11H17ClO3S. The fourth-order valence-electron chi connectivity index (χ4n) is 3.33. The Hall–Kier alpha value is 0.200. The molecule has 16 heavy (non-hydrogen) atoms. The van der Waals surface area contributed by atoms with Crippen LogP contribution in [-0.2, 0) is 13.8 Å². The average molecular weight is 265 g/mol. The van der Waals surface area contributed by atoms with Crippen molar-refractivity contribution in [1.82, 2.24) is 0 Å². The Morgan fingerprint density at radius 2 is 2.06 bits per heavy atom. The third-order valence-electron chi connectivity index (χ3n) is 4.60. The number of fused-ring (bicyclic) bond motifs is 2. The van der Waals surface area contributed by atoms with Crippen LogP contribution in [0.4, 0.5) is 0 Å². The Balaban J connectivity index is 1.71. The maximum Gasteiger partial charge on any atom is 0.238 e. The summed E-state index contributed by atoms with van der Waals surface area (Å²) in [6.07, 6.45) is 6.06. The van der Waals surface area contributed by atoms with E-state index in [9.17, 15) is 8.42 Å². The molecule has 3 nitrogen and oxygen atoms in total. The summed E-state index contributed by atoms with van der Waals surface area (Å²) in [7, 11) is 2.17. The van der Waals surface area contributed by atoms with Gasteiger partial charge in [-0.05, 0) is 50.4 Å². The molecule has 2 bridgehead atoms. The van der Waals surface area contributed by atoms with Gasteiger partial charge in [0.05, 0.1) is 17.5 Å². The Morgan fingerprint density at radius 1 is 1.31 bits per heavy atom. The van der Waals surface area contributed by atoms with E-state index in [0.29, 0.717) is 17.9 Å². The van der Waals surface area contributed by atoms with Gasteiger partial charge in [0.2, 0.25) is 9.05 Å². The van der Waals surface area contributed by atoms with Gasteiger partial charge in [-0.3, -0.25) is 0 Å². The van der Waals surface area contributed by atoms with Gasteiger partial charge in [0, 0.05) is 10.7 Å². The van der Waals surface area contributed by atoms with E-state index in [4.69, 9.17) is 15.4 Å². The minimum absolute atomic E-state index is 0.448. The minimum atomic E-state index is -3.38. The van der Waals surface area contributed by atoms with Crippen molar-refractivity contribution in [2.45, 2.75) is 49.4 Å². The van der Waals surface area contributed by atoms with Gasteiger partial charge >= 0.3 is 0 Å². The fraction of sp³-hybridized carbons (Fsp3) is 1.00. The first-order valence-electron chi connectivity index (χ1n) is 6.06. The van der Waals surface area contributed by atoms with Gasteiger partial charge in [0.1, 0.15) is 0 Å². The van der Waals surface area contributed by atoms with Crippen LogP contribution in [0.25, 0.3) is 0 Å². The molecule has 92 valence electrons. The third kappa shape index (κ3) is 1.79. The summed E-state index contributed by atoms with van der Waals surface area (Å²) < 4.78 is 28.1. The van der Waals surface area contributed by atoms with Crippen LogP contribution in [0.3, 0.4) is 0 Å². The summed E-state index contributed by atoms with van der Waals surface area (Å²) in [6.45, 7) is 0.827. The fourth-order valence-corrected chi connectivity index (χ4v) is 4.99. The van der Waals surface area contributed by atoms with Gasteiger partial charge in [0.25, 0.3) is 0 Å². The quantitative estimate of drug-likeness (QED) is 0.735. The highest BCUT2D eigenvalue weighted by Gasteiger charge is 2.56. The topological polar surface area (TPSA) is 43.4 Å². The van der Waals surface area contributed by atoms with Crippen LogP contribution in [0.2, 0.25) is 0 Å². The van der Waals surface area contributed by atoms with E-state index >= 15 is 0 Å². The van der Waals surface area contributed by atoms with Crippen molar-refractivity contribution in [2.24, 2.45) is 11.8 Å². The number of ether oxygens (including phenoxy) is 1. The SMILES string of the molecule is O=S(=O)(Cl)C1(CC2CCC3CC2CO3)CC1. The Morgan fingerprint density at radius 3 is 2.69 bits per heavy atom. The number of halogens is 1. The van der Waals surface area contributed by atoms with Gasteiger partial charge in [-0.2, -0.15) is 0 Å². The Labute approximate surface area is 101 Å². The maximum absolute atomic E-state index is 11.5. The molecule has 1 heterocycles. The van der Waals surface area contributed by atoms with Gasteiger partial charge in [-0.25, -0.2) is 8.42 Å². The highest BCUT2D eigenvalue weighted by Crippen LogP contribution is 2.53. The molecular weight excluding hydrogens is 248 g/mol. The Bertz CT molecular complexity index is 388. The highest BCUT2D eigenvalue weighted by molar-refractivity contribution is 8.15. The molecule has 3 fully saturated rings. The monoisotopic (exact) mass is 264 g/mol. The summed E-state index contributed by atoms with van der Waals surface area (Å²) in [5.74, 6) is 1.09. The summed E-state index contributed by atoms with van der Waals surface area (Å²) in [6, 6.07) is 0. The minimum Gasteiger partial charge on any atom is -0.378 e. The first-order valence-corrected chi connectivity index (χ1v) is 8.37. The van der Waals surface area contributed by atoms with Crippen molar-refractivity contribution in [3.63, 3.8) is 0 Å². The van der Waals surface area contributed by atoms with Crippen LogP contribution >= 0.6 is 10.7 Å². The molecule has 0 aromatic carbocycles. The van der Waals surface area contributed by atoms with Crippen molar-refractivity contribution in [3.05, 3.63) is 0 Å². The van der Waals surface area contributed by atoms with Crippen molar-refractivity contribution in [2.75, 3.05) is 6.61 Å². The van der Waals surface area contributed by atoms with Gasteiger partial charge in [-0.15, -0.1) is 0 Å². The van der Waals surface area contributed by atoms with Crippen LogP contribution in [0.5, 0.6) is 0 Å². The summed E-state index contributed by atoms with van der Waals surface area (Å²) >= 11 is 0. The first kappa shape index (κ1) is 11.3. The summed E-state index contributed by atoms with van der Waals surface area (Å²) in [5, 5.41) is 0. The molecule has 3 aliphatic rings. The lowest BCUT2D eigenvalue weighted by Crippen LogP contribution is -2.29. The standard InChI is InChI=1S/C11H17ClO3S/c12-16(13,14)11(3-4-11)6-8-1-2-10-5-9(8)7-15-10/h8-10H,1-7H2. The molecule has 0 aromatic heterocycles. The number of hydrogen-bond donors (Lipinski definition) is 0. The molecule has 0 radical (unpaired) electrons. The molecule has 3 atom stereocenters. The van der Waals surface area contributed by atoms with E-state index in [0.717, 1.165) is 45.1 Å². The lowest BCUT2D eigenvalue weighted by atomic mass is 9.77. The Kier molecular flexibility index (Phi) is 2.54. The van der Waals surface area contributed by atoms with Gasteiger partial charge in [-0.1, -0.05) is 0 Å². The van der Waals surface area contributed by atoms with Crippen molar-refractivity contribution < 1.29 is 13.2 Å². The molecule has 2 aliphatic carbocycles. The molecule has 0 aromatic rings. The largest absolute Gasteiger partial charge is 0.378 e. The summed E-state index contributed by atoms with van der Waals surface area (Å²) in [5.41, 5.74) is 0. The van der Waals surface area contributed by atoms with E-state index in [1.165, 1.54) is 0 Å². The normalized spacial score (nSPS) is 40.9. The highest BCUT2D eigenvalue weighted by atomic mass is 35.7. The predicted octanol–water partition coefficient (Wildman–Crippen LogP) is 2.29. The van der Waals surface area contributed by atoms with E-state index in [-0.39, 0.29) is 0 Å². The first-order chi connectivity index (χ1) is 7.50. The van der Waals surface area contributed by atoms with E-state index in [2.05, 4.69) is 0 Å². The van der Waals surface area contributed by atoms with E-state index < -0.39 is 13.8 Å². The van der Waals surface area contributed by atoms with Crippen molar-refractivity contribution in [3.8, 4) is 0 Å². The van der Waals surface area contributed by atoms with Crippen LogP contribution in [-0.4, -0.2) is 25.9 Å². The summed E-state index contributed by atoms with van der Waals surface area (Å²) in [4.78, 5) is 0. The second-order valence-corrected chi connectivity index (χ2v) is 8.57. The second-order valence-electron chi connectivity index (χ2n) is 5.61. The molecule has 0 spiro atoms. The molecule has 1 saturated heterocycles. The van der Waals surface area contributed by atoms with E-state index in [1.54, 1.807) is 0 Å². The third-order valence-corrected chi connectivity index (χ3v) is 7.19. The smallest absolute Gasteiger partial charge is 0.238 e. The van der Waals surface area contributed by atoms with E-state index in [1.807, 2.05) is 0 Å². The average Bonchev–Trinajstić information content (AvgIpc) is 2.90. The molecule has 0 amide bonds. The number of rotatable bonds is 3. The van der Waals surface area contributed by atoms with Gasteiger partial charge in [0.15, 0.2) is 0 Å². The van der Waals surface area contributed by atoms with Crippen LogP contribution in [0, 0.1) is 11.8 Å². The molecule has 5 heteroatoms. The molecule has 3 unspecified atom stereocenters. The predicted molar refractivity (Wildman–Crippen MR) is 61.9 cm³/mol. The zero-order chi connectivity index (χ0) is 11.4. The van der Waals surface area contributed by atoms with Crippen molar-refractivity contribution in [1.29, 1.82) is 0 Å². The molecule has 0 N–H and O–H groups in total. The second kappa shape index (κ2) is 3.59. The zero-order valence-electron chi connectivity index (χ0n) is 9.19. The van der Waals surface area contributed by atoms with Crippen LogP contribution < -0.4 is 0 Å².